The standard InChI is InChI=1S/C16H26N4O/c1-16(2,3)13-5-8-20(9-6-13)10-7-18-15(21)14-11-17-12-19(14)4/h5,11-12H,6-10H2,1-4H3,(H,18,21). The van der Waals surface area contributed by atoms with Gasteiger partial charge in [-0.25, -0.2) is 4.98 Å². The SMILES string of the molecule is Cn1cncc1C(=O)NCCN1CC=C(C(C)(C)C)CC1. The van der Waals surface area contributed by atoms with Crippen molar-refractivity contribution in [3.63, 3.8) is 0 Å². The van der Waals surface area contributed by atoms with E-state index in [0.717, 1.165) is 26.1 Å². The summed E-state index contributed by atoms with van der Waals surface area (Å²) in [4.78, 5) is 18.3. The number of rotatable bonds is 4. The first-order chi connectivity index (χ1) is 9.88. The van der Waals surface area contributed by atoms with Crippen LogP contribution in [0, 0.1) is 5.41 Å². The summed E-state index contributed by atoms with van der Waals surface area (Å²) in [6.45, 7) is 10.4. The molecular weight excluding hydrogens is 264 g/mol. The van der Waals surface area contributed by atoms with Gasteiger partial charge in [0, 0.05) is 33.2 Å². The number of amides is 1. The molecule has 0 fully saturated rings. The molecule has 0 radical (unpaired) electrons. The Morgan fingerprint density at radius 1 is 1.43 bits per heavy atom. The molecule has 5 heteroatoms. The van der Waals surface area contributed by atoms with Crippen molar-refractivity contribution >= 4 is 5.91 Å². The van der Waals surface area contributed by atoms with Crippen molar-refractivity contribution in [1.29, 1.82) is 0 Å². The van der Waals surface area contributed by atoms with Crippen molar-refractivity contribution in [2.45, 2.75) is 27.2 Å². The maximum atomic E-state index is 11.9. The summed E-state index contributed by atoms with van der Waals surface area (Å²) >= 11 is 0. The highest BCUT2D eigenvalue weighted by Gasteiger charge is 2.21. The molecule has 21 heavy (non-hydrogen) atoms. The summed E-state index contributed by atoms with van der Waals surface area (Å²) in [6.07, 6.45) is 6.69. The van der Waals surface area contributed by atoms with E-state index in [1.807, 2.05) is 7.05 Å². The quantitative estimate of drug-likeness (QED) is 0.861. The number of imidazole rings is 1. The molecule has 1 aromatic rings. The molecule has 0 atom stereocenters. The zero-order valence-corrected chi connectivity index (χ0v) is 13.5. The predicted octanol–water partition coefficient (Wildman–Crippen LogP) is 1.83. The zero-order valence-electron chi connectivity index (χ0n) is 13.5. The molecule has 1 aromatic heterocycles. The van der Waals surface area contributed by atoms with Gasteiger partial charge in [0.2, 0.25) is 0 Å². The molecule has 0 unspecified atom stereocenters. The Kier molecular flexibility index (Phi) is 4.83. The van der Waals surface area contributed by atoms with Crippen molar-refractivity contribution in [2.75, 3.05) is 26.2 Å². The van der Waals surface area contributed by atoms with Gasteiger partial charge in [0.1, 0.15) is 5.69 Å². The number of nitrogens with zero attached hydrogens (tertiary/aromatic N) is 3. The van der Waals surface area contributed by atoms with E-state index in [1.165, 1.54) is 5.57 Å². The maximum absolute atomic E-state index is 11.9. The third-order valence-electron chi connectivity index (χ3n) is 4.02. The molecule has 1 aliphatic rings. The smallest absolute Gasteiger partial charge is 0.269 e. The first kappa shape index (κ1) is 15.8. The Hall–Kier alpha value is -1.62. The molecule has 2 rings (SSSR count). The average molecular weight is 290 g/mol. The molecule has 0 bridgehead atoms. The average Bonchev–Trinajstić information content (AvgIpc) is 2.84. The Morgan fingerprint density at radius 2 is 2.19 bits per heavy atom. The van der Waals surface area contributed by atoms with E-state index in [1.54, 1.807) is 17.1 Å². The van der Waals surface area contributed by atoms with Crippen LogP contribution < -0.4 is 5.32 Å². The predicted molar refractivity (Wildman–Crippen MR) is 84.1 cm³/mol. The van der Waals surface area contributed by atoms with E-state index in [4.69, 9.17) is 0 Å². The number of nitrogens with one attached hydrogen (secondary N) is 1. The summed E-state index contributed by atoms with van der Waals surface area (Å²) in [5.41, 5.74) is 2.42. The van der Waals surface area contributed by atoms with Crippen LogP contribution >= 0.6 is 0 Å². The third-order valence-corrected chi connectivity index (χ3v) is 4.02. The minimum absolute atomic E-state index is 0.0575. The molecule has 2 heterocycles. The lowest BCUT2D eigenvalue weighted by Gasteiger charge is -2.32. The third kappa shape index (κ3) is 4.17. The Morgan fingerprint density at radius 3 is 2.71 bits per heavy atom. The van der Waals surface area contributed by atoms with E-state index in [-0.39, 0.29) is 11.3 Å². The lowest BCUT2D eigenvalue weighted by Crippen LogP contribution is -2.38. The number of aryl methyl sites for hydroxylation is 1. The first-order valence-corrected chi connectivity index (χ1v) is 7.54. The topological polar surface area (TPSA) is 50.2 Å². The van der Waals surface area contributed by atoms with Gasteiger partial charge in [-0.05, 0) is 11.8 Å². The Bertz CT molecular complexity index is 525. The molecule has 0 spiro atoms. The lowest BCUT2D eigenvalue weighted by atomic mass is 9.83. The molecule has 0 aliphatic carbocycles. The largest absolute Gasteiger partial charge is 0.349 e. The molecular formula is C16H26N4O. The fraction of sp³-hybridized carbons (Fsp3) is 0.625. The van der Waals surface area contributed by atoms with Crippen LogP contribution in [0.5, 0.6) is 0 Å². The second kappa shape index (κ2) is 6.43. The summed E-state index contributed by atoms with van der Waals surface area (Å²) < 4.78 is 1.73. The van der Waals surface area contributed by atoms with Crippen LogP contribution in [0.25, 0.3) is 0 Å². The van der Waals surface area contributed by atoms with Gasteiger partial charge in [0.15, 0.2) is 0 Å². The molecule has 0 saturated carbocycles. The number of carbonyl (C=O) groups is 1. The molecule has 0 aromatic carbocycles. The second-order valence-corrected chi connectivity index (χ2v) is 6.68. The summed E-state index contributed by atoms with van der Waals surface area (Å²) in [6, 6.07) is 0. The van der Waals surface area contributed by atoms with E-state index < -0.39 is 0 Å². The summed E-state index contributed by atoms with van der Waals surface area (Å²) in [5, 5.41) is 2.95. The van der Waals surface area contributed by atoms with Gasteiger partial charge in [0.05, 0.1) is 12.5 Å². The minimum atomic E-state index is -0.0575. The molecule has 1 amide bonds. The highest BCUT2D eigenvalue weighted by Crippen LogP contribution is 2.29. The van der Waals surface area contributed by atoms with Crippen LogP contribution in [-0.2, 0) is 7.05 Å². The molecule has 0 saturated heterocycles. The van der Waals surface area contributed by atoms with Crippen molar-refractivity contribution in [1.82, 2.24) is 19.8 Å². The Labute approximate surface area is 127 Å². The van der Waals surface area contributed by atoms with Gasteiger partial charge in [0.25, 0.3) is 5.91 Å². The molecule has 5 nitrogen and oxygen atoms in total. The van der Waals surface area contributed by atoms with Gasteiger partial charge >= 0.3 is 0 Å². The van der Waals surface area contributed by atoms with Gasteiger partial charge in [-0.15, -0.1) is 0 Å². The fourth-order valence-electron chi connectivity index (χ4n) is 2.59. The number of aromatic nitrogens is 2. The highest BCUT2D eigenvalue weighted by molar-refractivity contribution is 5.92. The van der Waals surface area contributed by atoms with E-state index in [9.17, 15) is 4.79 Å². The van der Waals surface area contributed by atoms with Crippen LogP contribution in [0.15, 0.2) is 24.2 Å². The minimum Gasteiger partial charge on any atom is -0.349 e. The van der Waals surface area contributed by atoms with Crippen molar-refractivity contribution in [3.8, 4) is 0 Å². The first-order valence-electron chi connectivity index (χ1n) is 7.54. The van der Waals surface area contributed by atoms with Crippen LogP contribution in [0.1, 0.15) is 37.7 Å². The summed E-state index contributed by atoms with van der Waals surface area (Å²) in [7, 11) is 1.82. The number of hydrogen-bond acceptors (Lipinski definition) is 3. The second-order valence-electron chi connectivity index (χ2n) is 6.68. The van der Waals surface area contributed by atoms with Crippen molar-refractivity contribution in [3.05, 3.63) is 29.9 Å². The monoisotopic (exact) mass is 290 g/mol. The van der Waals surface area contributed by atoms with E-state index in [2.05, 4.69) is 42.0 Å². The van der Waals surface area contributed by atoms with Crippen LogP contribution in [0.3, 0.4) is 0 Å². The number of carbonyl (C=O) groups excluding carboxylic acids is 1. The lowest BCUT2D eigenvalue weighted by molar-refractivity contribution is 0.0940. The summed E-state index contributed by atoms with van der Waals surface area (Å²) in [5.74, 6) is -0.0575. The molecule has 116 valence electrons. The number of hydrogen-bond donors (Lipinski definition) is 1. The van der Waals surface area contributed by atoms with Gasteiger partial charge in [-0.1, -0.05) is 32.4 Å². The normalized spacial score (nSPS) is 16.7. The van der Waals surface area contributed by atoms with Gasteiger partial charge < -0.3 is 9.88 Å². The van der Waals surface area contributed by atoms with E-state index in [0.29, 0.717) is 12.2 Å². The molecule has 1 aliphatic heterocycles. The highest BCUT2D eigenvalue weighted by atomic mass is 16.1. The van der Waals surface area contributed by atoms with Crippen LogP contribution in [-0.4, -0.2) is 46.5 Å². The van der Waals surface area contributed by atoms with E-state index >= 15 is 0 Å². The Balaban J connectivity index is 1.75. The van der Waals surface area contributed by atoms with Gasteiger partial charge in [-0.2, -0.15) is 0 Å². The molecule has 1 N–H and O–H groups in total. The van der Waals surface area contributed by atoms with Crippen LogP contribution in [0.4, 0.5) is 0 Å². The van der Waals surface area contributed by atoms with Gasteiger partial charge in [-0.3, -0.25) is 9.69 Å². The fourth-order valence-corrected chi connectivity index (χ4v) is 2.59. The van der Waals surface area contributed by atoms with Crippen molar-refractivity contribution < 1.29 is 4.79 Å². The van der Waals surface area contributed by atoms with Crippen LogP contribution in [0.2, 0.25) is 0 Å². The van der Waals surface area contributed by atoms with Crippen molar-refractivity contribution in [2.24, 2.45) is 12.5 Å². The maximum Gasteiger partial charge on any atom is 0.269 e. The zero-order chi connectivity index (χ0) is 15.5.